The number of hydrogen-bond acceptors (Lipinski definition) is 5. The number of aryl methyl sites for hydroxylation is 1. The van der Waals surface area contributed by atoms with E-state index in [-0.39, 0.29) is 0 Å². The van der Waals surface area contributed by atoms with Crippen molar-refractivity contribution in [1.82, 2.24) is 5.32 Å². The number of nitrogens with one attached hydrogen (secondary N) is 1. The number of benzene rings is 1. The summed E-state index contributed by atoms with van der Waals surface area (Å²) in [4.78, 5) is 15.7. The maximum absolute atomic E-state index is 11.0. The highest BCUT2D eigenvalue weighted by Crippen LogP contribution is 2.40. The minimum Gasteiger partial charge on any atom is -0.491 e. The molecule has 0 heterocycles. The van der Waals surface area contributed by atoms with Gasteiger partial charge in [-0.3, -0.25) is 4.79 Å². The van der Waals surface area contributed by atoms with Crippen molar-refractivity contribution < 1.29 is 19.0 Å². The van der Waals surface area contributed by atoms with Crippen molar-refractivity contribution in [2.24, 2.45) is 4.99 Å². The Morgan fingerprint density at radius 3 is 2.76 bits per heavy atom. The minimum absolute atomic E-state index is 0.409. The van der Waals surface area contributed by atoms with Gasteiger partial charge in [0.2, 0.25) is 6.41 Å². The number of nitrogens with zero attached hydrogens (tertiary/aromatic N) is 1. The summed E-state index contributed by atoms with van der Waals surface area (Å²) < 4.78 is 16.3. The van der Waals surface area contributed by atoms with Gasteiger partial charge in [-0.2, -0.15) is 0 Å². The molecule has 2 rings (SSSR count). The first-order valence-electron chi connectivity index (χ1n) is 8.16. The van der Waals surface area contributed by atoms with Crippen molar-refractivity contribution in [1.29, 1.82) is 0 Å². The number of ether oxygens (including phenoxy) is 3. The fourth-order valence-corrected chi connectivity index (χ4v) is 2.47. The van der Waals surface area contributed by atoms with Crippen LogP contribution in [0, 0.1) is 6.92 Å². The van der Waals surface area contributed by atoms with Crippen LogP contribution in [0.3, 0.4) is 0 Å². The molecule has 0 aromatic heterocycles. The molecule has 1 aliphatic rings. The molecule has 0 bridgehead atoms. The number of allylic oxidation sites excluding steroid dienone is 2. The maximum atomic E-state index is 11.0. The van der Waals surface area contributed by atoms with Crippen molar-refractivity contribution in [3.63, 3.8) is 0 Å². The smallest absolute Gasteiger partial charge is 0.212 e. The summed E-state index contributed by atoms with van der Waals surface area (Å²) in [7, 11) is 3.19. The Morgan fingerprint density at radius 2 is 2.12 bits per heavy atom. The molecule has 6 heteroatoms. The zero-order valence-corrected chi connectivity index (χ0v) is 14.9. The van der Waals surface area contributed by atoms with Crippen LogP contribution in [0.2, 0.25) is 0 Å². The molecular formula is C19H24N2O4. The topological polar surface area (TPSA) is 69.2 Å². The Labute approximate surface area is 148 Å². The molecule has 1 aromatic carbocycles. The van der Waals surface area contributed by atoms with E-state index < -0.39 is 0 Å². The van der Waals surface area contributed by atoms with Crippen molar-refractivity contribution in [2.45, 2.75) is 19.8 Å². The maximum Gasteiger partial charge on any atom is 0.212 e. The lowest BCUT2D eigenvalue weighted by Crippen LogP contribution is -2.23. The summed E-state index contributed by atoms with van der Waals surface area (Å²) in [6.07, 6.45) is 8.61. The first kappa shape index (κ1) is 18.7. The van der Waals surface area contributed by atoms with Crippen LogP contribution in [0.25, 0.3) is 0 Å². The van der Waals surface area contributed by atoms with E-state index in [1.54, 1.807) is 14.2 Å². The third kappa shape index (κ3) is 4.93. The molecule has 25 heavy (non-hydrogen) atoms. The first-order valence-corrected chi connectivity index (χ1v) is 8.16. The molecule has 0 radical (unpaired) electrons. The third-order valence-electron chi connectivity index (χ3n) is 3.73. The Bertz CT molecular complexity index is 693. The summed E-state index contributed by atoms with van der Waals surface area (Å²) in [6, 6.07) is 3.75. The van der Waals surface area contributed by atoms with Crippen molar-refractivity contribution in [3.8, 4) is 11.5 Å². The van der Waals surface area contributed by atoms with E-state index in [2.05, 4.69) is 22.5 Å². The second-order valence-electron chi connectivity index (χ2n) is 5.47. The predicted molar refractivity (Wildman–Crippen MR) is 97.9 cm³/mol. The van der Waals surface area contributed by atoms with Gasteiger partial charge in [0.25, 0.3) is 0 Å². The van der Waals surface area contributed by atoms with Crippen LogP contribution in [0.1, 0.15) is 18.4 Å². The van der Waals surface area contributed by atoms with Gasteiger partial charge in [-0.1, -0.05) is 24.3 Å². The van der Waals surface area contributed by atoms with Gasteiger partial charge in [-0.05, 0) is 31.4 Å². The van der Waals surface area contributed by atoms with E-state index >= 15 is 0 Å². The number of hydrogen-bond donors (Lipinski definition) is 1. The number of rotatable bonds is 8. The lowest BCUT2D eigenvalue weighted by molar-refractivity contribution is -0.108. The molecule has 1 amide bonds. The van der Waals surface area contributed by atoms with Gasteiger partial charge in [-0.25, -0.2) is 4.99 Å². The summed E-state index contributed by atoms with van der Waals surface area (Å²) in [5.74, 6) is 1.60. The fourth-order valence-electron chi connectivity index (χ4n) is 2.47. The molecule has 134 valence electrons. The van der Waals surface area contributed by atoms with Gasteiger partial charge in [0, 0.05) is 12.7 Å². The van der Waals surface area contributed by atoms with Gasteiger partial charge in [0.15, 0.2) is 11.5 Å². The molecule has 0 spiro atoms. The standard InChI is InChI=1S/C19H24N2O4/c1-14-9-10-16(25-12-11-23-2)18(24-3)17(14)21-19(20-13-22)15-7-5-4-6-8-15/h5,7-10,13H,4,6,11-12H2,1-3H3,(H,20,21,22). The molecule has 0 unspecified atom stereocenters. The molecule has 1 aliphatic carbocycles. The van der Waals surface area contributed by atoms with Crippen LogP contribution in [0.4, 0.5) is 5.69 Å². The quantitative estimate of drug-likeness (QED) is 0.340. The van der Waals surface area contributed by atoms with Crippen LogP contribution >= 0.6 is 0 Å². The van der Waals surface area contributed by atoms with E-state index in [9.17, 15) is 4.79 Å². The number of aliphatic imine (C=N–C) groups is 1. The van der Waals surface area contributed by atoms with Crippen LogP contribution in [-0.2, 0) is 9.53 Å². The van der Waals surface area contributed by atoms with Crippen molar-refractivity contribution in [3.05, 3.63) is 41.5 Å². The molecule has 1 aromatic rings. The Morgan fingerprint density at radius 1 is 1.28 bits per heavy atom. The summed E-state index contributed by atoms with van der Waals surface area (Å²) in [6.45, 7) is 2.82. The summed E-state index contributed by atoms with van der Waals surface area (Å²) in [5.41, 5.74) is 2.42. The number of carbonyl (C=O) groups excluding carboxylic acids is 1. The largest absolute Gasteiger partial charge is 0.491 e. The van der Waals surface area contributed by atoms with Crippen LogP contribution in [0.15, 0.2) is 40.9 Å². The number of carbonyl (C=O) groups is 1. The van der Waals surface area contributed by atoms with Crippen LogP contribution in [0.5, 0.6) is 11.5 Å². The molecule has 0 aliphatic heterocycles. The van der Waals surface area contributed by atoms with Gasteiger partial charge in [0.1, 0.15) is 18.1 Å². The Balaban J connectivity index is 2.43. The van der Waals surface area contributed by atoms with E-state index in [0.29, 0.717) is 42.6 Å². The first-order chi connectivity index (χ1) is 12.2. The normalized spacial score (nSPS) is 14.0. The fraction of sp³-hybridized carbons (Fsp3) is 0.368. The number of amidine groups is 1. The molecular weight excluding hydrogens is 320 g/mol. The molecule has 0 fully saturated rings. The number of methoxy groups -OCH3 is 2. The second-order valence-corrected chi connectivity index (χ2v) is 5.47. The highest BCUT2D eigenvalue weighted by molar-refractivity contribution is 6.07. The third-order valence-corrected chi connectivity index (χ3v) is 3.73. The molecule has 0 saturated heterocycles. The Hall–Kier alpha value is -2.60. The lowest BCUT2D eigenvalue weighted by Gasteiger charge is -2.16. The van der Waals surface area contributed by atoms with Gasteiger partial charge < -0.3 is 19.5 Å². The highest BCUT2D eigenvalue weighted by Gasteiger charge is 2.15. The average Bonchev–Trinajstić information content (AvgIpc) is 2.64. The van der Waals surface area contributed by atoms with E-state index in [1.807, 2.05) is 25.1 Å². The molecule has 1 N–H and O–H groups in total. The van der Waals surface area contributed by atoms with Crippen molar-refractivity contribution in [2.75, 3.05) is 27.4 Å². The van der Waals surface area contributed by atoms with Gasteiger partial charge in [-0.15, -0.1) is 0 Å². The van der Waals surface area contributed by atoms with Crippen LogP contribution < -0.4 is 14.8 Å². The van der Waals surface area contributed by atoms with Gasteiger partial charge >= 0.3 is 0 Å². The van der Waals surface area contributed by atoms with Crippen LogP contribution in [-0.4, -0.2) is 39.7 Å². The predicted octanol–water partition coefficient (Wildman–Crippen LogP) is 3.08. The average molecular weight is 344 g/mol. The summed E-state index contributed by atoms with van der Waals surface area (Å²) in [5, 5.41) is 2.68. The number of amides is 1. The highest BCUT2D eigenvalue weighted by atomic mass is 16.5. The lowest BCUT2D eigenvalue weighted by atomic mass is 10.1. The zero-order valence-electron chi connectivity index (χ0n) is 14.9. The van der Waals surface area contributed by atoms with Crippen molar-refractivity contribution >= 4 is 17.9 Å². The second kappa shape index (κ2) is 9.64. The summed E-state index contributed by atoms with van der Waals surface area (Å²) >= 11 is 0. The molecule has 6 nitrogen and oxygen atoms in total. The van der Waals surface area contributed by atoms with E-state index in [0.717, 1.165) is 24.0 Å². The van der Waals surface area contributed by atoms with E-state index in [4.69, 9.17) is 14.2 Å². The zero-order chi connectivity index (χ0) is 18.1. The van der Waals surface area contributed by atoms with Gasteiger partial charge in [0.05, 0.1) is 13.7 Å². The Kier molecular flexibility index (Phi) is 7.22. The monoisotopic (exact) mass is 344 g/mol. The minimum atomic E-state index is 0.409. The molecule has 0 atom stereocenters. The SMILES string of the molecule is COCCOc1ccc(C)c(N=C(NC=O)C2=CCCC=C2)c1OC. The van der Waals surface area contributed by atoms with E-state index in [1.165, 1.54) is 0 Å². The molecule has 0 saturated carbocycles.